The fraction of sp³-hybridized carbons (Fsp3) is 0.138. The summed E-state index contributed by atoms with van der Waals surface area (Å²) in [5, 5.41) is 13.8. The van der Waals surface area contributed by atoms with Gasteiger partial charge in [0.2, 0.25) is 0 Å². The molecule has 1 amide bonds. The number of carbonyl (C=O) groups is 1. The average molecular weight is 529 g/mol. The van der Waals surface area contributed by atoms with Gasteiger partial charge in [0.1, 0.15) is 0 Å². The highest BCUT2D eigenvalue weighted by atomic mass is 35.5. The van der Waals surface area contributed by atoms with Crippen LogP contribution < -0.4 is 11.0 Å². The van der Waals surface area contributed by atoms with Crippen molar-refractivity contribution in [3.8, 4) is 11.1 Å². The van der Waals surface area contributed by atoms with Gasteiger partial charge in [-0.2, -0.15) is 0 Å². The van der Waals surface area contributed by atoms with E-state index in [-0.39, 0.29) is 5.56 Å². The number of hydrogen-bond donors (Lipinski definition) is 2. The van der Waals surface area contributed by atoms with Gasteiger partial charge in [0, 0.05) is 36.1 Å². The molecule has 8 nitrogen and oxygen atoms in total. The lowest BCUT2D eigenvalue weighted by Crippen LogP contribution is -2.31. The summed E-state index contributed by atoms with van der Waals surface area (Å²) in [5.74, 6) is -0.402. The molecule has 0 saturated carbocycles. The van der Waals surface area contributed by atoms with E-state index in [1.54, 1.807) is 84.3 Å². The Bertz CT molecular complexity index is 1730. The normalized spacial score (nSPS) is 12.9. The smallest absolute Gasteiger partial charge is 0.274 e. The van der Waals surface area contributed by atoms with E-state index in [0.717, 1.165) is 10.9 Å². The molecule has 0 bridgehead atoms. The highest BCUT2D eigenvalue weighted by Crippen LogP contribution is 2.39. The first-order valence-corrected chi connectivity index (χ1v) is 12.1. The molecular formula is C29H25ClN4O4. The molecule has 0 aliphatic heterocycles. The number of rotatable bonds is 6. The molecular weight excluding hydrogens is 504 g/mol. The topological polar surface area (TPSA) is 98.4 Å². The standard InChI is InChI=1S/C29H25ClN4O4/c1-33-17-31-16-26(33)29(37,20-9-7-18(8-10-20)28(36)32-38-3)21-11-12-25-24(14-21)23(15-27(35)34(25)2)19-5-4-6-22(30)13-19/h4-17,37H,1-3H3,(H,32,36). The fourth-order valence-electron chi connectivity index (χ4n) is 4.76. The summed E-state index contributed by atoms with van der Waals surface area (Å²) in [5.41, 5.74) is 4.69. The molecule has 9 heteroatoms. The Morgan fingerprint density at radius 2 is 1.76 bits per heavy atom. The SMILES string of the molecule is CONC(=O)c1ccc(C(O)(c2ccc3c(c2)c(-c2cccc(Cl)c2)cc(=O)n3C)c2cncn2C)cc1. The van der Waals surface area contributed by atoms with Crippen molar-refractivity contribution >= 4 is 28.4 Å². The summed E-state index contributed by atoms with van der Waals surface area (Å²) in [6.45, 7) is 0. The van der Waals surface area contributed by atoms with E-state index in [9.17, 15) is 14.7 Å². The fourth-order valence-corrected chi connectivity index (χ4v) is 4.95. The maximum absolute atomic E-state index is 12.8. The number of hydroxylamine groups is 1. The van der Waals surface area contributed by atoms with Gasteiger partial charge >= 0.3 is 0 Å². The first-order valence-electron chi connectivity index (χ1n) is 11.8. The van der Waals surface area contributed by atoms with Crippen molar-refractivity contribution in [2.75, 3.05) is 7.11 Å². The Kier molecular flexibility index (Phi) is 6.62. The zero-order valence-corrected chi connectivity index (χ0v) is 21.7. The van der Waals surface area contributed by atoms with Crippen molar-refractivity contribution in [3.63, 3.8) is 0 Å². The molecule has 5 rings (SSSR count). The number of benzene rings is 3. The third kappa shape index (κ3) is 4.28. The third-order valence-electron chi connectivity index (χ3n) is 6.75. The predicted molar refractivity (Wildman–Crippen MR) is 146 cm³/mol. The van der Waals surface area contributed by atoms with E-state index in [4.69, 9.17) is 16.4 Å². The number of imidazole rings is 1. The van der Waals surface area contributed by atoms with Crippen molar-refractivity contribution in [2.45, 2.75) is 5.60 Å². The molecule has 1 unspecified atom stereocenters. The van der Waals surface area contributed by atoms with Gasteiger partial charge < -0.3 is 14.2 Å². The quantitative estimate of drug-likeness (QED) is 0.322. The number of pyridine rings is 1. The van der Waals surface area contributed by atoms with Crippen LogP contribution in [0.4, 0.5) is 0 Å². The highest BCUT2D eigenvalue weighted by Gasteiger charge is 2.37. The molecule has 192 valence electrons. The molecule has 0 radical (unpaired) electrons. The number of nitrogens with zero attached hydrogens (tertiary/aromatic N) is 3. The molecule has 0 fully saturated rings. The van der Waals surface area contributed by atoms with Gasteiger partial charge in [-0.1, -0.05) is 41.9 Å². The molecule has 38 heavy (non-hydrogen) atoms. The highest BCUT2D eigenvalue weighted by molar-refractivity contribution is 6.30. The molecule has 1 atom stereocenters. The zero-order valence-electron chi connectivity index (χ0n) is 21.0. The van der Waals surface area contributed by atoms with Gasteiger partial charge in [-0.05, 0) is 58.7 Å². The lowest BCUT2D eigenvalue weighted by atomic mass is 9.82. The molecule has 2 N–H and O–H groups in total. The number of halogens is 1. The Morgan fingerprint density at radius 1 is 1.03 bits per heavy atom. The van der Waals surface area contributed by atoms with Crippen LogP contribution in [-0.2, 0) is 24.5 Å². The van der Waals surface area contributed by atoms with Crippen molar-refractivity contribution < 1.29 is 14.7 Å². The second-order valence-electron chi connectivity index (χ2n) is 9.01. The monoisotopic (exact) mass is 528 g/mol. The summed E-state index contributed by atoms with van der Waals surface area (Å²) >= 11 is 6.27. The van der Waals surface area contributed by atoms with Crippen LogP contribution in [0, 0.1) is 0 Å². The van der Waals surface area contributed by atoms with Crippen LogP contribution in [-0.4, -0.2) is 32.2 Å². The second kappa shape index (κ2) is 9.90. The van der Waals surface area contributed by atoms with Crippen molar-refractivity contribution in [3.05, 3.63) is 123 Å². The molecule has 0 aliphatic rings. The summed E-state index contributed by atoms with van der Waals surface area (Å²) in [7, 11) is 4.87. The van der Waals surface area contributed by atoms with E-state index in [0.29, 0.717) is 38.5 Å². The van der Waals surface area contributed by atoms with E-state index < -0.39 is 11.5 Å². The van der Waals surface area contributed by atoms with E-state index >= 15 is 0 Å². The van der Waals surface area contributed by atoms with Crippen molar-refractivity contribution in [2.24, 2.45) is 14.1 Å². The first kappa shape index (κ1) is 25.4. The number of aromatic nitrogens is 3. The van der Waals surface area contributed by atoms with Gasteiger partial charge in [0.25, 0.3) is 11.5 Å². The Balaban J connectivity index is 1.76. The average Bonchev–Trinajstić information content (AvgIpc) is 3.36. The maximum Gasteiger partial charge on any atom is 0.274 e. The lowest BCUT2D eigenvalue weighted by molar-refractivity contribution is 0.0537. The maximum atomic E-state index is 12.8. The second-order valence-corrected chi connectivity index (χ2v) is 9.45. The molecule has 2 heterocycles. The Hall–Kier alpha value is -4.24. The van der Waals surface area contributed by atoms with Crippen LogP contribution in [0.15, 0.2) is 90.1 Å². The Labute approximate surface area is 223 Å². The number of amides is 1. The number of hydrogen-bond acceptors (Lipinski definition) is 5. The van der Waals surface area contributed by atoms with Gasteiger partial charge in [-0.3, -0.25) is 14.4 Å². The number of aliphatic hydroxyl groups is 1. The molecule has 0 saturated heterocycles. The minimum atomic E-state index is -1.63. The number of fused-ring (bicyclic) bond motifs is 1. The van der Waals surface area contributed by atoms with Crippen LogP contribution in [0.1, 0.15) is 27.2 Å². The van der Waals surface area contributed by atoms with E-state index in [1.165, 1.54) is 7.11 Å². The summed E-state index contributed by atoms with van der Waals surface area (Å²) < 4.78 is 3.31. The van der Waals surface area contributed by atoms with Gasteiger partial charge in [-0.25, -0.2) is 10.5 Å². The number of aryl methyl sites for hydroxylation is 2. The van der Waals surface area contributed by atoms with Crippen LogP contribution >= 0.6 is 11.6 Å². The van der Waals surface area contributed by atoms with Gasteiger partial charge in [0.15, 0.2) is 5.60 Å². The number of nitrogens with one attached hydrogen (secondary N) is 1. The predicted octanol–water partition coefficient (Wildman–Crippen LogP) is 4.17. The molecule has 0 aliphatic carbocycles. The third-order valence-corrected chi connectivity index (χ3v) is 6.98. The summed E-state index contributed by atoms with van der Waals surface area (Å²) in [4.78, 5) is 34.0. The van der Waals surface area contributed by atoms with Crippen LogP contribution in [0.3, 0.4) is 0 Å². The minimum absolute atomic E-state index is 0.160. The summed E-state index contributed by atoms with van der Waals surface area (Å²) in [6.07, 6.45) is 3.22. The van der Waals surface area contributed by atoms with Gasteiger partial charge in [0.05, 0.1) is 30.8 Å². The number of carbonyl (C=O) groups excluding carboxylic acids is 1. The largest absolute Gasteiger partial charge is 0.374 e. The molecule has 0 spiro atoms. The molecule has 2 aromatic heterocycles. The summed E-state index contributed by atoms with van der Waals surface area (Å²) in [6, 6.07) is 21.0. The van der Waals surface area contributed by atoms with Crippen LogP contribution in [0.25, 0.3) is 22.0 Å². The van der Waals surface area contributed by atoms with Gasteiger partial charge in [-0.15, -0.1) is 0 Å². The molecule has 3 aromatic carbocycles. The molecule has 5 aromatic rings. The van der Waals surface area contributed by atoms with E-state index in [1.807, 2.05) is 24.3 Å². The lowest BCUT2D eigenvalue weighted by Gasteiger charge is -2.30. The first-order chi connectivity index (χ1) is 18.2. The van der Waals surface area contributed by atoms with Crippen molar-refractivity contribution in [1.82, 2.24) is 19.6 Å². The van der Waals surface area contributed by atoms with Crippen LogP contribution in [0.5, 0.6) is 0 Å². The van der Waals surface area contributed by atoms with Crippen molar-refractivity contribution in [1.29, 1.82) is 0 Å². The zero-order chi connectivity index (χ0) is 27.0. The Morgan fingerprint density at radius 3 is 2.42 bits per heavy atom. The van der Waals surface area contributed by atoms with E-state index in [2.05, 4.69) is 10.5 Å². The van der Waals surface area contributed by atoms with Crippen LogP contribution in [0.2, 0.25) is 5.02 Å². The minimum Gasteiger partial charge on any atom is -0.374 e.